The zero-order chi connectivity index (χ0) is 24.4. The lowest BCUT2D eigenvalue weighted by Crippen LogP contribution is -2.44. The molecule has 186 valence electrons. The molecule has 2 fully saturated rings. The van der Waals surface area contributed by atoms with E-state index in [-0.39, 0.29) is 6.04 Å². The molecule has 35 heavy (non-hydrogen) atoms. The number of rotatable bonds is 9. The maximum absolute atomic E-state index is 6.63. The van der Waals surface area contributed by atoms with Crippen LogP contribution in [0.3, 0.4) is 0 Å². The number of nitrogens with zero attached hydrogens (tertiary/aromatic N) is 4. The third-order valence-corrected chi connectivity index (χ3v) is 7.89. The summed E-state index contributed by atoms with van der Waals surface area (Å²) >= 11 is 0. The lowest BCUT2D eigenvalue weighted by molar-refractivity contribution is 0.101. The summed E-state index contributed by atoms with van der Waals surface area (Å²) in [5.74, 6) is 3.48. The average Bonchev–Trinajstić information content (AvgIpc) is 3.37. The van der Waals surface area contributed by atoms with Gasteiger partial charge in [0.15, 0.2) is 0 Å². The number of aryl methyl sites for hydroxylation is 1. The summed E-state index contributed by atoms with van der Waals surface area (Å²) in [6.07, 6.45) is 5.95. The van der Waals surface area contributed by atoms with E-state index >= 15 is 0 Å². The van der Waals surface area contributed by atoms with Gasteiger partial charge in [0.2, 0.25) is 0 Å². The van der Waals surface area contributed by atoms with Gasteiger partial charge in [0.1, 0.15) is 24.0 Å². The van der Waals surface area contributed by atoms with Gasteiger partial charge in [-0.15, -0.1) is 10.2 Å². The standard InChI is InChI=1S/C29H39N5O/c1-20(2)29-32-31-21(3)34(29)26-17-24-11-12-25(18-26)33(24)16-15-28(30)23-9-13-27(14-10-23)35-19-22-7-5-4-6-8-22/h4-10,13-14,20,24-26,28H,11-12,15-19,30H2,1-3H3/t24-,25+,26?,28-/m0/s1. The molecule has 6 heteroatoms. The van der Waals surface area contributed by atoms with Crippen molar-refractivity contribution in [2.24, 2.45) is 5.73 Å². The molecule has 0 aliphatic carbocycles. The monoisotopic (exact) mass is 473 g/mol. The highest BCUT2D eigenvalue weighted by Crippen LogP contribution is 2.42. The quantitative estimate of drug-likeness (QED) is 0.441. The number of benzene rings is 2. The van der Waals surface area contributed by atoms with E-state index in [9.17, 15) is 0 Å². The van der Waals surface area contributed by atoms with Crippen LogP contribution in [0.1, 0.15) is 86.7 Å². The van der Waals surface area contributed by atoms with Gasteiger partial charge in [-0.05, 0) is 62.3 Å². The Kier molecular flexibility index (Phi) is 7.21. The van der Waals surface area contributed by atoms with E-state index in [4.69, 9.17) is 10.5 Å². The summed E-state index contributed by atoms with van der Waals surface area (Å²) in [7, 11) is 0. The minimum atomic E-state index is 0.0444. The van der Waals surface area contributed by atoms with Gasteiger partial charge in [0, 0.05) is 36.6 Å². The van der Waals surface area contributed by atoms with Crippen LogP contribution < -0.4 is 10.5 Å². The van der Waals surface area contributed by atoms with Gasteiger partial charge in [0.05, 0.1) is 0 Å². The van der Waals surface area contributed by atoms with Crippen molar-refractivity contribution in [1.29, 1.82) is 0 Å². The van der Waals surface area contributed by atoms with Crippen molar-refractivity contribution in [2.75, 3.05) is 6.54 Å². The molecule has 2 bridgehead atoms. The average molecular weight is 474 g/mol. The van der Waals surface area contributed by atoms with Crippen LogP contribution in [0.15, 0.2) is 54.6 Å². The molecule has 2 N–H and O–H groups in total. The van der Waals surface area contributed by atoms with E-state index in [1.54, 1.807) is 0 Å². The fourth-order valence-electron chi connectivity index (χ4n) is 6.06. The molecule has 0 amide bonds. The van der Waals surface area contributed by atoms with Gasteiger partial charge < -0.3 is 15.0 Å². The van der Waals surface area contributed by atoms with Crippen molar-refractivity contribution in [2.45, 2.75) is 89.6 Å². The van der Waals surface area contributed by atoms with Crippen molar-refractivity contribution >= 4 is 0 Å². The van der Waals surface area contributed by atoms with E-state index < -0.39 is 0 Å². The first-order valence-electron chi connectivity index (χ1n) is 13.2. The minimum absolute atomic E-state index is 0.0444. The number of piperidine rings is 1. The predicted molar refractivity (Wildman–Crippen MR) is 139 cm³/mol. The van der Waals surface area contributed by atoms with Gasteiger partial charge in [-0.2, -0.15) is 0 Å². The Morgan fingerprint density at radius 3 is 2.29 bits per heavy atom. The van der Waals surface area contributed by atoms with Crippen LogP contribution in [0.4, 0.5) is 0 Å². The lowest BCUT2D eigenvalue weighted by atomic mass is 9.95. The fraction of sp³-hybridized carbons (Fsp3) is 0.517. The van der Waals surface area contributed by atoms with E-state index in [1.807, 2.05) is 30.3 Å². The molecule has 2 aliphatic heterocycles. The molecule has 0 saturated carbocycles. The minimum Gasteiger partial charge on any atom is -0.489 e. The molecular weight excluding hydrogens is 434 g/mol. The number of fused-ring (bicyclic) bond motifs is 2. The topological polar surface area (TPSA) is 69.2 Å². The zero-order valence-corrected chi connectivity index (χ0v) is 21.3. The van der Waals surface area contributed by atoms with Gasteiger partial charge >= 0.3 is 0 Å². The number of hydrogen-bond acceptors (Lipinski definition) is 5. The molecule has 5 rings (SSSR count). The molecule has 1 unspecified atom stereocenters. The van der Waals surface area contributed by atoms with Crippen LogP contribution in [0.2, 0.25) is 0 Å². The lowest BCUT2D eigenvalue weighted by Gasteiger charge is -2.40. The molecule has 1 aromatic heterocycles. The summed E-state index contributed by atoms with van der Waals surface area (Å²) < 4.78 is 8.36. The van der Waals surface area contributed by atoms with Crippen LogP contribution >= 0.6 is 0 Å². The van der Waals surface area contributed by atoms with Crippen molar-refractivity contribution in [3.8, 4) is 5.75 Å². The highest BCUT2D eigenvalue weighted by atomic mass is 16.5. The van der Waals surface area contributed by atoms with Gasteiger partial charge in [0.25, 0.3) is 0 Å². The van der Waals surface area contributed by atoms with Crippen LogP contribution in [-0.4, -0.2) is 38.3 Å². The SMILES string of the molecule is Cc1nnc(C(C)C)n1C1C[C@H]2CC[C@@H](C1)N2CC[C@H](N)c1ccc(OCc2ccccc2)cc1. The van der Waals surface area contributed by atoms with E-state index in [0.29, 0.717) is 30.7 Å². The molecule has 4 atom stereocenters. The third kappa shape index (κ3) is 5.29. The highest BCUT2D eigenvalue weighted by Gasteiger charge is 2.42. The normalized spacial score (nSPS) is 23.1. The van der Waals surface area contributed by atoms with Crippen molar-refractivity contribution in [3.05, 3.63) is 77.4 Å². The second-order valence-corrected chi connectivity index (χ2v) is 10.6. The second kappa shape index (κ2) is 10.5. The van der Waals surface area contributed by atoms with E-state index in [2.05, 4.69) is 64.7 Å². The van der Waals surface area contributed by atoms with Crippen molar-refractivity contribution in [1.82, 2.24) is 19.7 Å². The van der Waals surface area contributed by atoms with Crippen molar-refractivity contribution < 1.29 is 4.74 Å². The Bertz CT molecular complexity index is 1080. The van der Waals surface area contributed by atoms with E-state index in [1.165, 1.54) is 36.8 Å². The summed E-state index contributed by atoms with van der Waals surface area (Å²) in [6.45, 7) is 8.18. The maximum Gasteiger partial charge on any atom is 0.135 e. The van der Waals surface area contributed by atoms with Gasteiger partial charge in [-0.3, -0.25) is 4.90 Å². The maximum atomic E-state index is 6.63. The third-order valence-electron chi connectivity index (χ3n) is 7.89. The summed E-state index contributed by atoms with van der Waals surface area (Å²) in [5, 5.41) is 8.88. The Balaban J connectivity index is 1.15. The van der Waals surface area contributed by atoms with Crippen LogP contribution in [0, 0.1) is 6.92 Å². The highest BCUT2D eigenvalue weighted by molar-refractivity contribution is 5.29. The first-order valence-corrected chi connectivity index (χ1v) is 13.2. The first kappa shape index (κ1) is 24.0. The first-order chi connectivity index (χ1) is 17.0. The largest absolute Gasteiger partial charge is 0.489 e. The number of ether oxygens (including phenoxy) is 1. The second-order valence-electron chi connectivity index (χ2n) is 10.6. The molecular formula is C29H39N5O. The zero-order valence-electron chi connectivity index (χ0n) is 21.3. The number of nitrogens with two attached hydrogens (primary N) is 1. The number of aromatic nitrogens is 3. The molecule has 2 saturated heterocycles. The Morgan fingerprint density at radius 1 is 0.943 bits per heavy atom. The Morgan fingerprint density at radius 2 is 1.63 bits per heavy atom. The Labute approximate surface area is 209 Å². The fourth-order valence-corrected chi connectivity index (χ4v) is 6.06. The van der Waals surface area contributed by atoms with Crippen LogP contribution in [0.25, 0.3) is 0 Å². The molecule has 6 nitrogen and oxygen atoms in total. The molecule has 3 aromatic rings. The van der Waals surface area contributed by atoms with Crippen LogP contribution in [0.5, 0.6) is 5.75 Å². The van der Waals surface area contributed by atoms with Gasteiger partial charge in [-0.25, -0.2) is 0 Å². The molecule has 0 spiro atoms. The van der Waals surface area contributed by atoms with Crippen molar-refractivity contribution in [3.63, 3.8) is 0 Å². The smallest absolute Gasteiger partial charge is 0.135 e. The summed E-state index contributed by atoms with van der Waals surface area (Å²) in [4.78, 5) is 2.74. The summed E-state index contributed by atoms with van der Waals surface area (Å²) in [6, 6.07) is 20.4. The molecule has 3 heterocycles. The molecule has 2 aromatic carbocycles. The van der Waals surface area contributed by atoms with Gasteiger partial charge in [-0.1, -0.05) is 56.3 Å². The molecule has 0 radical (unpaired) electrons. The number of hydrogen-bond donors (Lipinski definition) is 1. The Hall–Kier alpha value is -2.70. The van der Waals surface area contributed by atoms with E-state index in [0.717, 1.165) is 30.4 Å². The summed E-state index contributed by atoms with van der Waals surface area (Å²) in [5.41, 5.74) is 8.98. The predicted octanol–water partition coefficient (Wildman–Crippen LogP) is 5.55. The molecule has 2 aliphatic rings. The van der Waals surface area contributed by atoms with Crippen LogP contribution in [-0.2, 0) is 6.61 Å².